The molecule has 1 unspecified atom stereocenters. The van der Waals surface area contributed by atoms with Crippen LogP contribution in [0.3, 0.4) is 0 Å². The van der Waals surface area contributed by atoms with Crippen LogP contribution in [0.1, 0.15) is 35.0 Å². The molecule has 0 radical (unpaired) electrons. The minimum absolute atomic E-state index is 0.306. The normalized spacial score (nSPS) is 12.1. The summed E-state index contributed by atoms with van der Waals surface area (Å²) in [5.74, 6) is 0.448. The number of nitrogens with one attached hydrogen (secondary N) is 2. The largest absolute Gasteiger partial charge is 0.341 e. The van der Waals surface area contributed by atoms with Crippen molar-refractivity contribution < 1.29 is 9.32 Å². The van der Waals surface area contributed by atoms with E-state index in [1.807, 2.05) is 6.92 Å². The van der Waals surface area contributed by atoms with E-state index in [0.29, 0.717) is 22.4 Å². The lowest BCUT2D eigenvalue weighted by atomic mass is 10.2. The van der Waals surface area contributed by atoms with Gasteiger partial charge in [0, 0.05) is 16.3 Å². The maximum absolute atomic E-state index is 12.1. The van der Waals surface area contributed by atoms with Crippen molar-refractivity contribution in [2.75, 3.05) is 0 Å². The summed E-state index contributed by atoms with van der Waals surface area (Å²) in [5.41, 5.74) is 1.89. The Kier molecular flexibility index (Phi) is 4.12. The number of benzene rings is 1. The molecule has 2 heterocycles. The van der Waals surface area contributed by atoms with Gasteiger partial charge in [-0.3, -0.25) is 9.89 Å². The maximum atomic E-state index is 12.1. The van der Waals surface area contributed by atoms with E-state index in [-0.39, 0.29) is 5.91 Å². The molecule has 23 heavy (non-hydrogen) atoms. The Morgan fingerprint density at radius 1 is 1.35 bits per heavy atom. The number of rotatable bonds is 4. The Bertz CT molecular complexity index is 825. The molecule has 7 nitrogen and oxygen atoms in total. The summed E-state index contributed by atoms with van der Waals surface area (Å²) in [7, 11) is 0. The third kappa shape index (κ3) is 3.40. The summed E-state index contributed by atoms with van der Waals surface area (Å²) in [4.78, 5) is 16.4. The fourth-order valence-corrected chi connectivity index (χ4v) is 2.12. The van der Waals surface area contributed by atoms with Gasteiger partial charge in [0.05, 0.1) is 6.04 Å². The van der Waals surface area contributed by atoms with Gasteiger partial charge in [-0.05, 0) is 44.2 Å². The SMILES string of the molecule is Cc1cc(C(=O)NC(C)c2noc(-c3ccc(Cl)cc3)n2)n[nH]1. The minimum Gasteiger partial charge on any atom is -0.341 e. The van der Waals surface area contributed by atoms with Crippen LogP contribution in [0, 0.1) is 6.92 Å². The monoisotopic (exact) mass is 331 g/mol. The molecular weight excluding hydrogens is 318 g/mol. The average molecular weight is 332 g/mol. The molecule has 118 valence electrons. The smallest absolute Gasteiger partial charge is 0.272 e. The Morgan fingerprint density at radius 2 is 2.09 bits per heavy atom. The molecule has 1 atom stereocenters. The van der Waals surface area contributed by atoms with Gasteiger partial charge >= 0.3 is 0 Å². The van der Waals surface area contributed by atoms with Crippen LogP contribution in [-0.2, 0) is 0 Å². The fraction of sp³-hybridized carbons (Fsp3) is 0.200. The number of hydrogen-bond donors (Lipinski definition) is 2. The van der Waals surface area contributed by atoms with E-state index in [9.17, 15) is 4.79 Å². The van der Waals surface area contributed by atoms with Crippen molar-refractivity contribution in [3.05, 3.63) is 52.6 Å². The topological polar surface area (TPSA) is 96.7 Å². The summed E-state index contributed by atoms with van der Waals surface area (Å²) in [5, 5.41) is 13.9. The molecular formula is C15H14ClN5O2. The fourth-order valence-electron chi connectivity index (χ4n) is 1.99. The average Bonchev–Trinajstić information content (AvgIpc) is 3.17. The maximum Gasteiger partial charge on any atom is 0.272 e. The van der Waals surface area contributed by atoms with E-state index in [2.05, 4.69) is 25.7 Å². The van der Waals surface area contributed by atoms with Crippen LogP contribution in [0.5, 0.6) is 0 Å². The van der Waals surface area contributed by atoms with Gasteiger partial charge in [0.1, 0.15) is 5.69 Å². The zero-order chi connectivity index (χ0) is 16.4. The summed E-state index contributed by atoms with van der Waals surface area (Å²) in [6.45, 7) is 3.60. The lowest BCUT2D eigenvalue weighted by Gasteiger charge is -2.07. The second-order valence-corrected chi connectivity index (χ2v) is 5.53. The number of halogens is 1. The lowest BCUT2D eigenvalue weighted by Crippen LogP contribution is -2.27. The molecule has 3 aromatic rings. The Labute approximate surface area is 137 Å². The Balaban J connectivity index is 1.72. The molecule has 0 bridgehead atoms. The predicted octanol–water partition coefficient (Wildman–Crippen LogP) is 2.91. The zero-order valence-electron chi connectivity index (χ0n) is 12.5. The summed E-state index contributed by atoms with van der Waals surface area (Å²) in [6, 6.07) is 8.31. The molecule has 0 fully saturated rings. The van der Waals surface area contributed by atoms with Gasteiger partial charge in [-0.25, -0.2) is 0 Å². The van der Waals surface area contributed by atoms with Crippen LogP contribution in [0.4, 0.5) is 0 Å². The van der Waals surface area contributed by atoms with Gasteiger partial charge in [-0.15, -0.1) is 0 Å². The molecule has 0 aliphatic rings. The summed E-state index contributed by atoms with van der Waals surface area (Å²) >= 11 is 5.85. The highest BCUT2D eigenvalue weighted by Gasteiger charge is 2.19. The van der Waals surface area contributed by atoms with Crippen LogP contribution >= 0.6 is 11.6 Å². The summed E-state index contributed by atoms with van der Waals surface area (Å²) < 4.78 is 5.23. The molecule has 0 aliphatic carbocycles. The van der Waals surface area contributed by atoms with Crippen molar-refractivity contribution >= 4 is 17.5 Å². The van der Waals surface area contributed by atoms with Crippen molar-refractivity contribution in [3.8, 4) is 11.5 Å². The number of aromatic amines is 1. The van der Waals surface area contributed by atoms with Gasteiger partial charge in [0.25, 0.3) is 11.8 Å². The lowest BCUT2D eigenvalue weighted by molar-refractivity contribution is 0.0933. The van der Waals surface area contributed by atoms with E-state index in [1.54, 1.807) is 37.3 Å². The highest BCUT2D eigenvalue weighted by atomic mass is 35.5. The van der Waals surface area contributed by atoms with Gasteiger partial charge in [0.15, 0.2) is 5.82 Å². The van der Waals surface area contributed by atoms with Gasteiger partial charge in [-0.1, -0.05) is 16.8 Å². The van der Waals surface area contributed by atoms with E-state index in [0.717, 1.165) is 11.3 Å². The highest BCUT2D eigenvalue weighted by molar-refractivity contribution is 6.30. The second-order valence-electron chi connectivity index (χ2n) is 5.10. The molecule has 0 saturated carbocycles. The summed E-state index contributed by atoms with van der Waals surface area (Å²) in [6.07, 6.45) is 0. The number of carbonyl (C=O) groups is 1. The predicted molar refractivity (Wildman–Crippen MR) is 83.9 cm³/mol. The molecule has 0 saturated heterocycles. The second kappa shape index (κ2) is 6.21. The van der Waals surface area contributed by atoms with Crippen molar-refractivity contribution in [2.24, 2.45) is 0 Å². The van der Waals surface area contributed by atoms with Gasteiger partial charge in [-0.2, -0.15) is 10.1 Å². The molecule has 3 rings (SSSR count). The standard InChI is InChI=1S/C15H14ClN5O2/c1-8-7-12(20-19-8)14(22)17-9(2)13-18-15(23-21-13)10-3-5-11(16)6-4-10/h3-7,9H,1-2H3,(H,17,22)(H,19,20). The molecule has 1 amide bonds. The first-order valence-electron chi connectivity index (χ1n) is 6.95. The van der Waals surface area contributed by atoms with E-state index < -0.39 is 6.04 Å². The minimum atomic E-state index is -0.413. The van der Waals surface area contributed by atoms with Crippen molar-refractivity contribution in [3.63, 3.8) is 0 Å². The third-order valence-corrected chi connectivity index (χ3v) is 3.46. The molecule has 8 heteroatoms. The van der Waals surface area contributed by atoms with Crippen LogP contribution < -0.4 is 5.32 Å². The number of carbonyl (C=O) groups excluding carboxylic acids is 1. The molecule has 0 aliphatic heterocycles. The number of aromatic nitrogens is 4. The van der Waals surface area contributed by atoms with E-state index in [4.69, 9.17) is 16.1 Å². The van der Waals surface area contributed by atoms with Gasteiger partial charge in [0.2, 0.25) is 0 Å². The highest BCUT2D eigenvalue weighted by Crippen LogP contribution is 2.21. The molecule has 2 N–H and O–H groups in total. The number of hydrogen-bond acceptors (Lipinski definition) is 5. The zero-order valence-corrected chi connectivity index (χ0v) is 13.3. The van der Waals surface area contributed by atoms with Crippen LogP contribution in [-0.4, -0.2) is 26.2 Å². The van der Waals surface area contributed by atoms with Gasteiger partial charge < -0.3 is 9.84 Å². The quantitative estimate of drug-likeness (QED) is 0.766. The number of nitrogens with zero attached hydrogens (tertiary/aromatic N) is 3. The van der Waals surface area contributed by atoms with Crippen LogP contribution in [0.2, 0.25) is 5.02 Å². The van der Waals surface area contributed by atoms with Crippen molar-refractivity contribution in [2.45, 2.75) is 19.9 Å². The molecule has 2 aromatic heterocycles. The van der Waals surface area contributed by atoms with Crippen LogP contribution in [0.15, 0.2) is 34.9 Å². The van der Waals surface area contributed by atoms with E-state index in [1.165, 1.54) is 0 Å². The van der Waals surface area contributed by atoms with Crippen molar-refractivity contribution in [1.29, 1.82) is 0 Å². The third-order valence-electron chi connectivity index (χ3n) is 3.21. The van der Waals surface area contributed by atoms with Crippen molar-refractivity contribution in [1.82, 2.24) is 25.7 Å². The number of aryl methyl sites for hydroxylation is 1. The molecule has 0 spiro atoms. The Morgan fingerprint density at radius 3 is 2.74 bits per heavy atom. The van der Waals surface area contributed by atoms with Crippen LogP contribution in [0.25, 0.3) is 11.5 Å². The first-order chi connectivity index (χ1) is 11.0. The first kappa shape index (κ1) is 15.2. The Hall–Kier alpha value is -2.67. The molecule has 1 aromatic carbocycles. The van der Waals surface area contributed by atoms with E-state index >= 15 is 0 Å². The number of H-pyrrole nitrogens is 1. The number of amides is 1. The first-order valence-corrected chi connectivity index (χ1v) is 7.33.